The molecule has 5 aromatic rings. The van der Waals surface area contributed by atoms with Gasteiger partial charge in [0.05, 0.1) is 12.3 Å². The van der Waals surface area contributed by atoms with E-state index in [-0.39, 0.29) is 0 Å². The minimum Gasteiger partial charge on any atom is -0.493 e. The van der Waals surface area contributed by atoms with E-state index in [1.165, 1.54) is 0 Å². The largest absolute Gasteiger partial charge is 0.737 e. The summed E-state index contributed by atoms with van der Waals surface area (Å²) in [5, 5.41) is 5.21. The summed E-state index contributed by atoms with van der Waals surface area (Å²) in [7, 11) is -1.72. The van der Waals surface area contributed by atoms with E-state index in [0.717, 1.165) is 26.7 Å². The number of hydrogen-bond acceptors (Lipinski definition) is 4. The summed E-state index contributed by atoms with van der Waals surface area (Å²) in [6.45, 7) is 0. The zero-order valence-electron chi connectivity index (χ0n) is 17.4. The molecule has 0 aliphatic carbocycles. The molecule has 0 saturated heterocycles. The van der Waals surface area contributed by atoms with Crippen LogP contribution in [0.4, 0.5) is 0 Å². The van der Waals surface area contributed by atoms with Gasteiger partial charge in [0.15, 0.2) is 23.0 Å². The first-order valence-electron chi connectivity index (χ1n) is 10.5. The first-order chi connectivity index (χ1) is 15.7. The topological polar surface area (TPSA) is 36.9 Å². The maximum Gasteiger partial charge on any atom is 0.737 e. The van der Waals surface area contributed by atoms with Crippen LogP contribution in [0.25, 0.3) is 21.5 Å². The number of hydrogen-bond donors (Lipinski definition) is 0. The molecule has 0 amide bonds. The molecule has 1 heterocycles. The van der Waals surface area contributed by atoms with Crippen LogP contribution >= 0.6 is 0 Å². The van der Waals surface area contributed by atoms with Crippen LogP contribution in [0.5, 0.6) is 23.0 Å². The Morgan fingerprint density at radius 2 is 1.03 bits per heavy atom. The smallest absolute Gasteiger partial charge is 0.493 e. The molecule has 0 atom stereocenters. The molecular formula is C27H20O4Si. The van der Waals surface area contributed by atoms with Crippen molar-refractivity contribution in [3.05, 3.63) is 103 Å². The van der Waals surface area contributed by atoms with E-state index in [2.05, 4.69) is 24.3 Å². The molecule has 5 aromatic carbocycles. The lowest BCUT2D eigenvalue weighted by atomic mass is 10.1. The fraction of sp³-hybridized carbons (Fsp3) is 0.0370. The van der Waals surface area contributed by atoms with Crippen molar-refractivity contribution in [2.45, 2.75) is 0 Å². The highest BCUT2D eigenvalue weighted by Crippen LogP contribution is 2.42. The molecule has 0 spiro atoms. The SMILES string of the molecule is COc1cc2ccccc2cc1O[Si]1(c2ccccc2)Oc2cc3ccccc3cc2O1. The molecule has 1 aliphatic rings. The molecule has 0 N–H and O–H groups in total. The predicted molar refractivity (Wildman–Crippen MR) is 128 cm³/mol. The van der Waals surface area contributed by atoms with Crippen molar-refractivity contribution >= 4 is 35.5 Å². The number of ether oxygens (including phenoxy) is 1. The summed E-state index contributed by atoms with van der Waals surface area (Å²) in [6, 6.07) is 34.2. The van der Waals surface area contributed by atoms with Gasteiger partial charge in [-0.3, -0.25) is 0 Å². The molecular weight excluding hydrogens is 416 g/mol. The lowest BCUT2D eigenvalue weighted by molar-refractivity contribution is 0.310. The second-order valence-corrected chi connectivity index (χ2v) is 10.0. The minimum atomic E-state index is -3.37. The van der Waals surface area contributed by atoms with E-state index in [0.29, 0.717) is 23.0 Å². The molecule has 5 heteroatoms. The van der Waals surface area contributed by atoms with Gasteiger partial charge in [-0.05, 0) is 45.8 Å². The van der Waals surface area contributed by atoms with Crippen molar-refractivity contribution in [1.29, 1.82) is 0 Å². The normalized spacial score (nSPS) is 13.9. The molecule has 0 unspecified atom stereocenters. The fourth-order valence-electron chi connectivity index (χ4n) is 4.11. The Hall–Kier alpha value is -3.96. The Balaban J connectivity index is 1.49. The van der Waals surface area contributed by atoms with Gasteiger partial charge in [0, 0.05) is 0 Å². The molecule has 0 bridgehead atoms. The highest BCUT2D eigenvalue weighted by atomic mass is 28.4. The number of benzene rings is 5. The molecule has 0 radical (unpaired) electrons. The van der Waals surface area contributed by atoms with Gasteiger partial charge in [-0.15, -0.1) is 0 Å². The van der Waals surface area contributed by atoms with Crippen molar-refractivity contribution in [3.63, 3.8) is 0 Å². The van der Waals surface area contributed by atoms with Crippen LogP contribution < -0.4 is 23.2 Å². The molecule has 32 heavy (non-hydrogen) atoms. The molecule has 156 valence electrons. The molecule has 0 aromatic heterocycles. The van der Waals surface area contributed by atoms with Crippen LogP contribution in [-0.4, -0.2) is 15.9 Å². The van der Waals surface area contributed by atoms with Gasteiger partial charge < -0.3 is 18.0 Å². The summed E-state index contributed by atoms with van der Waals surface area (Å²) in [5.41, 5.74) is 0. The van der Waals surface area contributed by atoms with E-state index in [9.17, 15) is 0 Å². The van der Waals surface area contributed by atoms with Crippen LogP contribution in [0.3, 0.4) is 0 Å². The van der Waals surface area contributed by atoms with Crippen molar-refractivity contribution in [3.8, 4) is 23.0 Å². The van der Waals surface area contributed by atoms with Gasteiger partial charge in [0.25, 0.3) is 0 Å². The Labute approximate surface area is 186 Å². The van der Waals surface area contributed by atoms with Crippen molar-refractivity contribution < 1.29 is 18.0 Å². The molecule has 1 aliphatic heterocycles. The molecule has 0 saturated carbocycles. The maximum atomic E-state index is 6.66. The van der Waals surface area contributed by atoms with Crippen LogP contribution in [-0.2, 0) is 0 Å². The molecule has 0 fully saturated rings. The summed E-state index contributed by atoms with van der Waals surface area (Å²) in [4.78, 5) is 0. The Morgan fingerprint density at radius 1 is 0.562 bits per heavy atom. The minimum absolute atomic E-state index is 0.596. The zero-order chi connectivity index (χ0) is 21.5. The second-order valence-electron chi connectivity index (χ2n) is 7.72. The van der Waals surface area contributed by atoms with Crippen molar-refractivity contribution in [2.75, 3.05) is 7.11 Å². The fourth-order valence-corrected chi connectivity index (χ4v) is 6.54. The third-order valence-electron chi connectivity index (χ3n) is 5.70. The molecule has 4 nitrogen and oxygen atoms in total. The van der Waals surface area contributed by atoms with Gasteiger partial charge in [-0.2, -0.15) is 0 Å². The predicted octanol–water partition coefficient (Wildman–Crippen LogP) is 5.70. The van der Waals surface area contributed by atoms with Gasteiger partial charge in [0.1, 0.15) is 0 Å². The monoisotopic (exact) mass is 436 g/mol. The lowest BCUT2D eigenvalue weighted by Gasteiger charge is -2.24. The van der Waals surface area contributed by atoms with E-state index >= 15 is 0 Å². The Morgan fingerprint density at radius 3 is 1.56 bits per heavy atom. The standard InChI is InChI=1S/C27H20O4Si/c1-28-24-15-19-9-5-6-10-20(19)16-25(24)29-32(23-13-3-2-4-14-23)30-26-17-21-11-7-8-12-22(21)18-27(26)31-32/h2-18H,1H3. The van der Waals surface area contributed by atoms with E-state index in [1.54, 1.807) is 7.11 Å². The van der Waals surface area contributed by atoms with Gasteiger partial charge in [-0.1, -0.05) is 78.9 Å². The molecule has 6 rings (SSSR count). The Bertz CT molecular complexity index is 1400. The summed E-state index contributed by atoms with van der Waals surface area (Å²) < 4.78 is 25.4. The quantitative estimate of drug-likeness (QED) is 0.339. The van der Waals surface area contributed by atoms with Crippen LogP contribution in [0, 0.1) is 0 Å². The third kappa shape index (κ3) is 3.06. The number of fused-ring (bicyclic) bond motifs is 3. The van der Waals surface area contributed by atoms with Crippen molar-refractivity contribution in [2.24, 2.45) is 0 Å². The van der Waals surface area contributed by atoms with Crippen LogP contribution in [0.15, 0.2) is 103 Å². The average Bonchev–Trinajstić information content (AvgIpc) is 3.20. The summed E-state index contributed by atoms with van der Waals surface area (Å²) in [6.07, 6.45) is 0. The van der Waals surface area contributed by atoms with Gasteiger partial charge in [0.2, 0.25) is 0 Å². The first-order valence-corrected chi connectivity index (χ1v) is 12.2. The van der Waals surface area contributed by atoms with E-state index < -0.39 is 8.80 Å². The van der Waals surface area contributed by atoms with Gasteiger partial charge >= 0.3 is 8.80 Å². The van der Waals surface area contributed by atoms with Gasteiger partial charge in [-0.25, -0.2) is 0 Å². The van der Waals surface area contributed by atoms with E-state index in [4.69, 9.17) is 18.0 Å². The average molecular weight is 437 g/mol. The van der Waals surface area contributed by atoms with Crippen LogP contribution in [0.1, 0.15) is 0 Å². The van der Waals surface area contributed by atoms with Crippen LogP contribution in [0.2, 0.25) is 0 Å². The summed E-state index contributed by atoms with van der Waals surface area (Å²) in [5.74, 6) is 2.62. The van der Waals surface area contributed by atoms with E-state index in [1.807, 2.05) is 78.9 Å². The lowest BCUT2D eigenvalue weighted by Crippen LogP contribution is -2.62. The summed E-state index contributed by atoms with van der Waals surface area (Å²) >= 11 is 0. The third-order valence-corrected chi connectivity index (χ3v) is 8.21. The Kier molecular flexibility index (Phi) is 4.30. The highest BCUT2D eigenvalue weighted by Gasteiger charge is 2.57. The number of rotatable bonds is 4. The second kappa shape index (κ2) is 7.32. The zero-order valence-corrected chi connectivity index (χ0v) is 18.4. The first kappa shape index (κ1) is 18.8. The van der Waals surface area contributed by atoms with Crippen molar-refractivity contribution in [1.82, 2.24) is 0 Å². The number of methoxy groups -OCH3 is 1. The maximum absolute atomic E-state index is 6.66. The highest BCUT2D eigenvalue weighted by molar-refractivity contribution is 6.78.